The average Bonchev–Trinajstić information content (AvgIpc) is 2.47. The van der Waals surface area contributed by atoms with Gasteiger partial charge in [-0.25, -0.2) is 0 Å². The molecule has 0 amide bonds. The molecule has 1 aliphatic rings. The van der Waals surface area contributed by atoms with E-state index in [-0.39, 0.29) is 17.9 Å². The number of piperidine rings is 1. The summed E-state index contributed by atoms with van der Waals surface area (Å²) in [4.78, 5) is 12.3. The molecule has 1 saturated heterocycles. The second-order valence-electron chi connectivity index (χ2n) is 5.11. The second-order valence-corrected chi connectivity index (χ2v) is 5.11. The van der Waals surface area contributed by atoms with E-state index >= 15 is 0 Å². The Hall–Kier alpha value is -1.35. The molecule has 19 heavy (non-hydrogen) atoms. The molecule has 3 heteroatoms. The van der Waals surface area contributed by atoms with Gasteiger partial charge in [0.1, 0.15) is 0 Å². The van der Waals surface area contributed by atoms with Crippen LogP contribution in [-0.2, 0) is 9.53 Å². The van der Waals surface area contributed by atoms with Crippen LogP contribution < -0.4 is 5.32 Å². The lowest BCUT2D eigenvalue weighted by atomic mass is 9.86. The molecule has 1 fully saturated rings. The molecule has 0 radical (unpaired) electrons. The SMILES string of the molecule is CCCOC(=O)[C@H](c1ccccc1)[C@H]1CCCCN1. The summed E-state index contributed by atoms with van der Waals surface area (Å²) >= 11 is 0. The third kappa shape index (κ3) is 3.80. The maximum Gasteiger partial charge on any atom is 0.315 e. The number of carbonyl (C=O) groups excluding carboxylic acids is 1. The van der Waals surface area contributed by atoms with Crippen molar-refractivity contribution in [2.75, 3.05) is 13.2 Å². The number of rotatable bonds is 5. The van der Waals surface area contributed by atoms with E-state index in [9.17, 15) is 4.79 Å². The lowest BCUT2D eigenvalue weighted by molar-refractivity contribution is -0.146. The lowest BCUT2D eigenvalue weighted by Gasteiger charge is -2.30. The predicted octanol–water partition coefficient (Wildman–Crippen LogP) is 2.87. The van der Waals surface area contributed by atoms with Crippen LogP contribution in [0.3, 0.4) is 0 Å². The van der Waals surface area contributed by atoms with Gasteiger partial charge in [0.2, 0.25) is 0 Å². The summed E-state index contributed by atoms with van der Waals surface area (Å²) in [5.41, 5.74) is 1.06. The van der Waals surface area contributed by atoms with Crippen LogP contribution in [0.4, 0.5) is 0 Å². The number of ether oxygens (including phenoxy) is 1. The minimum atomic E-state index is -0.173. The van der Waals surface area contributed by atoms with Gasteiger partial charge in [0.05, 0.1) is 12.5 Å². The van der Waals surface area contributed by atoms with Gasteiger partial charge in [-0.05, 0) is 31.4 Å². The molecule has 0 aliphatic carbocycles. The molecule has 104 valence electrons. The predicted molar refractivity (Wildman–Crippen MR) is 76.1 cm³/mol. The first-order valence-corrected chi connectivity index (χ1v) is 7.28. The van der Waals surface area contributed by atoms with Crippen LogP contribution in [0.1, 0.15) is 44.1 Å². The molecule has 1 aromatic rings. The quantitative estimate of drug-likeness (QED) is 0.828. The van der Waals surface area contributed by atoms with E-state index in [1.54, 1.807) is 0 Å². The summed E-state index contributed by atoms with van der Waals surface area (Å²) in [5, 5.41) is 3.47. The van der Waals surface area contributed by atoms with Crippen LogP contribution in [-0.4, -0.2) is 25.2 Å². The van der Waals surface area contributed by atoms with Gasteiger partial charge >= 0.3 is 5.97 Å². The molecule has 0 spiro atoms. The second kappa shape index (κ2) is 7.29. The Labute approximate surface area is 115 Å². The van der Waals surface area contributed by atoms with Crippen molar-refractivity contribution >= 4 is 5.97 Å². The number of carbonyl (C=O) groups is 1. The smallest absolute Gasteiger partial charge is 0.315 e. The van der Waals surface area contributed by atoms with Gasteiger partial charge in [-0.1, -0.05) is 43.7 Å². The largest absolute Gasteiger partial charge is 0.465 e. The van der Waals surface area contributed by atoms with E-state index in [0.717, 1.165) is 24.9 Å². The monoisotopic (exact) mass is 261 g/mol. The van der Waals surface area contributed by atoms with Crippen molar-refractivity contribution in [2.45, 2.75) is 44.6 Å². The zero-order valence-electron chi connectivity index (χ0n) is 11.6. The molecule has 0 saturated carbocycles. The van der Waals surface area contributed by atoms with Gasteiger partial charge in [0.15, 0.2) is 0 Å². The van der Waals surface area contributed by atoms with E-state index in [0.29, 0.717) is 6.61 Å². The van der Waals surface area contributed by atoms with E-state index in [1.165, 1.54) is 12.8 Å². The van der Waals surface area contributed by atoms with Crippen LogP contribution in [0, 0.1) is 0 Å². The molecule has 3 nitrogen and oxygen atoms in total. The molecule has 2 atom stereocenters. The maximum absolute atomic E-state index is 12.3. The van der Waals surface area contributed by atoms with Crippen molar-refractivity contribution in [3.8, 4) is 0 Å². The van der Waals surface area contributed by atoms with Crippen molar-refractivity contribution in [3.63, 3.8) is 0 Å². The number of hydrogen-bond donors (Lipinski definition) is 1. The Morgan fingerprint density at radius 2 is 2.16 bits per heavy atom. The number of benzene rings is 1. The molecular formula is C16H23NO2. The number of hydrogen-bond acceptors (Lipinski definition) is 3. The van der Waals surface area contributed by atoms with E-state index < -0.39 is 0 Å². The first kappa shape index (κ1) is 14.1. The summed E-state index contributed by atoms with van der Waals surface area (Å²) in [6.07, 6.45) is 4.29. The van der Waals surface area contributed by atoms with Crippen molar-refractivity contribution in [2.24, 2.45) is 0 Å². The van der Waals surface area contributed by atoms with Crippen molar-refractivity contribution in [1.29, 1.82) is 0 Å². The Morgan fingerprint density at radius 1 is 1.37 bits per heavy atom. The minimum absolute atomic E-state index is 0.0903. The Morgan fingerprint density at radius 3 is 2.79 bits per heavy atom. The summed E-state index contributed by atoms with van der Waals surface area (Å²) in [5.74, 6) is -0.263. The molecule has 1 heterocycles. The average molecular weight is 261 g/mol. The van der Waals surface area contributed by atoms with E-state index in [2.05, 4.69) is 5.32 Å². The Bertz CT molecular complexity index is 385. The zero-order valence-corrected chi connectivity index (χ0v) is 11.6. The Kier molecular flexibility index (Phi) is 5.40. The van der Waals surface area contributed by atoms with Gasteiger partial charge in [-0.3, -0.25) is 4.79 Å². The van der Waals surface area contributed by atoms with Gasteiger partial charge in [0.25, 0.3) is 0 Å². The van der Waals surface area contributed by atoms with Crippen molar-refractivity contribution in [1.82, 2.24) is 5.32 Å². The fourth-order valence-electron chi connectivity index (χ4n) is 2.65. The number of nitrogens with one attached hydrogen (secondary N) is 1. The highest BCUT2D eigenvalue weighted by molar-refractivity contribution is 5.79. The summed E-state index contributed by atoms with van der Waals surface area (Å²) in [6.45, 7) is 3.52. The summed E-state index contributed by atoms with van der Waals surface area (Å²) in [6, 6.07) is 10.2. The van der Waals surface area contributed by atoms with Gasteiger partial charge < -0.3 is 10.1 Å². The van der Waals surface area contributed by atoms with Crippen molar-refractivity contribution in [3.05, 3.63) is 35.9 Å². The molecule has 1 N–H and O–H groups in total. The van der Waals surface area contributed by atoms with Crippen molar-refractivity contribution < 1.29 is 9.53 Å². The van der Waals surface area contributed by atoms with Gasteiger partial charge in [-0.15, -0.1) is 0 Å². The summed E-state index contributed by atoms with van der Waals surface area (Å²) in [7, 11) is 0. The Balaban J connectivity index is 2.14. The highest BCUT2D eigenvalue weighted by Gasteiger charge is 2.31. The lowest BCUT2D eigenvalue weighted by Crippen LogP contribution is -2.42. The molecule has 1 aromatic carbocycles. The fraction of sp³-hybridized carbons (Fsp3) is 0.562. The van der Waals surface area contributed by atoms with Crippen LogP contribution in [0.5, 0.6) is 0 Å². The number of esters is 1. The van der Waals surface area contributed by atoms with Crippen LogP contribution >= 0.6 is 0 Å². The van der Waals surface area contributed by atoms with Gasteiger partial charge in [0, 0.05) is 6.04 Å². The third-order valence-electron chi connectivity index (χ3n) is 3.61. The van der Waals surface area contributed by atoms with E-state index in [4.69, 9.17) is 4.74 Å². The molecule has 2 rings (SSSR count). The molecule has 1 aliphatic heterocycles. The standard InChI is InChI=1S/C16H23NO2/c1-2-12-19-16(18)15(13-8-4-3-5-9-13)14-10-6-7-11-17-14/h3-5,8-9,14-15,17H,2,6-7,10-12H2,1H3/t14-,15-/m1/s1. The normalized spacial score (nSPS) is 20.8. The van der Waals surface area contributed by atoms with Crippen LogP contribution in [0.25, 0.3) is 0 Å². The van der Waals surface area contributed by atoms with Crippen LogP contribution in [0.15, 0.2) is 30.3 Å². The highest BCUT2D eigenvalue weighted by Crippen LogP contribution is 2.26. The maximum atomic E-state index is 12.3. The summed E-state index contributed by atoms with van der Waals surface area (Å²) < 4.78 is 5.38. The van der Waals surface area contributed by atoms with E-state index in [1.807, 2.05) is 37.3 Å². The highest BCUT2D eigenvalue weighted by atomic mass is 16.5. The van der Waals surface area contributed by atoms with Gasteiger partial charge in [-0.2, -0.15) is 0 Å². The molecular weight excluding hydrogens is 238 g/mol. The minimum Gasteiger partial charge on any atom is -0.465 e. The fourth-order valence-corrected chi connectivity index (χ4v) is 2.65. The molecule has 0 unspecified atom stereocenters. The first-order chi connectivity index (χ1) is 9.33. The first-order valence-electron chi connectivity index (χ1n) is 7.28. The molecule has 0 aromatic heterocycles. The van der Waals surface area contributed by atoms with Crippen LogP contribution in [0.2, 0.25) is 0 Å². The zero-order chi connectivity index (χ0) is 13.5. The third-order valence-corrected chi connectivity index (χ3v) is 3.61. The topological polar surface area (TPSA) is 38.3 Å². The molecule has 0 bridgehead atoms.